The first-order valence-electron chi connectivity index (χ1n) is 9.13. The maximum atomic E-state index is 3.94. The largest absolute Gasteiger partial charge is 0.300 e. The van der Waals surface area contributed by atoms with Gasteiger partial charge in [0.25, 0.3) is 0 Å². The van der Waals surface area contributed by atoms with E-state index >= 15 is 0 Å². The molecule has 1 aromatic carbocycles. The summed E-state index contributed by atoms with van der Waals surface area (Å²) in [6, 6.07) is 9.66. The molecule has 0 heterocycles. The van der Waals surface area contributed by atoms with E-state index in [0.29, 0.717) is 6.04 Å². The van der Waals surface area contributed by atoms with Crippen molar-refractivity contribution in [2.75, 3.05) is 27.2 Å². The van der Waals surface area contributed by atoms with Crippen LogP contribution in [0.2, 0.25) is 0 Å². The summed E-state index contributed by atoms with van der Waals surface area (Å²) in [5.41, 5.74) is 3.15. The summed E-state index contributed by atoms with van der Waals surface area (Å²) in [6.45, 7) is 10.7. The molecule has 1 aliphatic rings. The molecule has 1 fully saturated rings. The van der Waals surface area contributed by atoms with Crippen LogP contribution in [0.15, 0.2) is 36.9 Å². The topological polar surface area (TPSA) is 6.48 Å². The molecule has 0 radical (unpaired) electrons. The highest BCUT2D eigenvalue weighted by Gasteiger charge is 2.40. The van der Waals surface area contributed by atoms with Gasteiger partial charge in [0, 0.05) is 18.1 Å². The van der Waals surface area contributed by atoms with Crippen molar-refractivity contribution >= 4 is 0 Å². The molecule has 1 aliphatic carbocycles. The van der Waals surface area contributed by atoms with E-state index in [4.69, 9.17) is 0 Å². The van der Waals surface area contributed by atoms with Crippen LogP contribution in [-0.2, 0) is 5.54 Å². The predicted molar refractivity (Wildman–Crippen MR) is 101 cm³/mol. The lowest BCUT2D eigenvalue weighted by Gasteiger charge is -2.48. The van der Waals surface area contributed by atoms with E-state index in [0.717, 1.165) is 6.54 Å². The lowest BCUT2D eigenvalue weighted by atomic mass is 9.72. The van der Waals surface area contributed by atoms with Crippen molar-refractivity contribution in [2.24, 2.45) is 0 Å². The molecule has 23 heavy (non-hydrogen) atoms. The molecule has 0 aliphatic heterocycles. The number of benzene rings is 1. The van der Waals surface area contributed by atoms with Crippen molar-refractivity contribution in [2.45, 2.75) is 57.5 Å². The Bertz CT molecular complexity index is 498. The van der Waals surface area contributed by atoms with Crippen LogP contribution in [0.3, 0.4) is 0 Å². The molecule has 1 aromatic rings. The van der Waals surface area contributed by atoms with Gasteiger partial charge in [0.15, 0.2) is 0 Å². The summed E-state index contributed by atoms with van der Waals surface area (Å²) in [5, 5.41) is 0. The molecule has 0 saturated heterocycles. The Hall–Kier alpha value is -1.12. The van der Waals surface area contributed by atoms with Gasteiger partial charge in [-0.05, 0) is 70.8 Å². The number of aryl methyl sites for hydroxylation is 1. The Balaban J connectivity index is 2.18. The molecule has 0 spiro atoms. The van der Waals surface area contributed by atoms with Crippen molar-refractivity contribution in [3.05, 3.63) is 48.0 Å². The standard InChI is InChI=1S/C21H34N2/c1-6-16-23(17-7-2)19-12-14-21(15-13-19,22(4)5)20-11-9-8-10-18(20)3/h6,8-11,19H,1,7,12-17H2,2-5H3. The fourth-order valence-corrected chi connectivity index (χ4v) is 4.37. The number of hydrogen-bond acceptors (Lipinski definition) is 2. The summed E-state index contributed by atoms with van der Waals surface area (Å²) in [4.78, 5) is 5.09. The minimum absolute atomic E-state index is 0.202. The molecule has 1 saturated carbocycles. The van der Waals surface area contributed by atoms with Gasteiger partial charge in [0.05, 0.1) is 0 Å². The molecular weight excluding hydrogens is 280 g/mol. The smallest absolute Gasteiger partial charge is 0.0458 e. The fourth-order valence-electron chi connectivity index (χ4n) is 4.37. The molecule has 0 atom stereocenters. The van der Waals surface area contributed by atoms with Crippen LogP contribution in [-0.4, -0.2) is 43.0 Å². The van der Waals surface area contributed by atoms with E-state index in [-0.39, 0.29) is 5.54 Å². The summed E-state index contributed by atoms with van der Waals surface area (Å²) >= 11 is 0. The van der Waals surface area contributed by atoms with E-state index in [9.17, 15) is 0 Å². The lowest BCUT2D eigenvalue weighted by molar-refractivity contribution is 0.0524. The fraction of sp³-hybridized carbons (Fsp3) is 0.619. The zero-order chi connectivity index (χ0) is 16.9. The van der Waals surface area contributed by atoms with E-state index in [2.05, 4.69) is 74.7 Å². The Morgan fingerprint density at radius 3 is 2.39 bits per heavy atom. The first-order chi connectivity index (χ1) is 11.0. The van der Waals surface area contributed by atoms with E-state index in [1.165, 1.54) is 49.8 Å². The van der Waals surface area contributed by atoms with Crippen LogP contribution in [0.5, 0.6) is 0 Å². The van der Waals surface area contributed by atoms with Crippen LogP contribution < -0.4 is 0 Å². The highest BCUT2D eigenvalue weighted by molar-refractivity contribution is 5.33. The van der Waals surface area contributed by atoms with E-state index in [1.807, 2.05) is 0 Å². The normalized spacial score (nSPS) is 25.0. The Labute approximate surface area is 143 Å². The van der Waals surface area contributed by atoms with Crippen molar-refractivity contribution < 1.29 is 0 Å². The number of nitrogens with zero attached hydrogens (tertiary/aromatic N) is 2. The third-order valence-corrected chi connectivity index (χ3v) is 5.68. The first-order valence-corrected chi connectivity index (χ1v) is 9.13. The van der Waals surface area contributed by atoms with E-state index in [1.54, 1.807) is 0 Å². The second-order valence-electron chi connectivity index (χ2n) is 7.26. The molecule has 0 amide bonds. The molecular formula is C21H34N2. The summed E-state index contributed by atoms with van der Waals surface area (Å²) in [5.74, 6) is 0. The van der Waals surface area contributed by atoms with Crippen LogP contribution >= 0.6 is 0 Å². The average Bonchev–Trinajstić information content (AvgIpc) is 2.55. The third-order valence-electron chi connectivity index (χ3n) is 5.68. The Morgan fingerprint density at radius 1 is 1.22 bits per heavy atom. The SMILES string of the molecule is C=CCN(CCC)C1CCC(c2ccccc2C)(N(C)C)CC1. The van der Waals surface area contributed by atoms with Gasteiger partial charge < -0.3 is 0 Å². The molecule has 0 bridgehead atoms. The monoisotopic (exact) mass is 314 g/mol. The van der Waals surface area contributed by atoms with Gasteiger partial charge >= 0.3 is 0 Å². The van der Waals surface area contributed by atoms with Gasteiger partial charge in [0.2, 0.25) is 0 Å². The van der Waals surface area contributed by atoms with Gasteiger partial charge in [-0.25, -0.2) is 0 Å². The molecule has 0 aromatic heterocycles. The van der Waals surface area contributed by atoms with E-state index < -0.39 is 0 Å². The maximum Gasteiger partial charge on any atom is 0.0458 e. The minimum atomic E-state index is 0.202. The molecule has 128 valence electrons. The van der Waals surface area contributed by atoms with Crippen molar-refractivity contribution in [1.82, 2.24) is 9.80 Å². The molecule has 2 rings (SSSR count). The average molecular weight is 315 g/mol. The molecule has 2 heteroatoms. The van der Waals surface area contributed by atoms with Gasteiger partial charge in [-0.15, -0.1) is 6.58 Å². The van der Waals surface area contributed by atoms with Crippen LogP contribution in [0.4, 0.5) is 0 Å². The summed E-state index contributed by atoms with van der Waals surface area (Å²) in [6.07, 6.45) is 8.33. The summed E-state index contributed by atoms with van der Waals surface area (Å²) in [7, 11) is 4.50. The van der Waals surface area contributed by atoms with Crippen molar-refractivity contribution in [1.29, 1.82) is 0 Å². The number of hydrogen-bond donors (Lipinski definition) is 0. The lowest BCUT2D eigenvalue weighted by Crippen LogP contribution is -2.49. The highest BCUT2D eigenvalue weighted by Crippen LogP contribution is 2.43. The number of rotatable bonds is 7. The third kappa shape index (κ3) is 3.87. The second-order valence-corrected chi connectivity index (χ2v) is 7.26. The Morgan fingerprint density at radius 2 is 1.87 bits per heavy atom. The quantitative estimate of drug-likeness (QED) is 0.679. The maximum absolute atomic E-state index is 3.94. The second kappa shape index (κ2) is 8.12. The van der Waals surface area contributed by atoms with Gasteiger partial charge in [-0.2, -0.15) is 0 Å². The predicted octanol–water partition coefficient (Wildman–Crippen LogP) is 4.59. The zero-order valence-corrected chi connectivity index (χ0v) is 15.5. The minimum Gasteiger partial charge on any atom is -0.300 e. The molecule has 2 nitrogen and oxygen atoms in total. The van der Waals surface area contributed by atoms with Gasteiger partial charge in [0.1, 0.15) is 0 Å². The Kier molecular flexibility index (Phi) is 6.43. The van der Waals surface area contributed by atoms with Gasteiger partial charge in [-0.3, -0.25) is 9.80 Å². The molecule has 0 unspecified atom stereocenters. The first kappa shape index (κ1) is 18.2. The van der Waals surface area contributed by atoms with Crippen molar-refractivity contribution in [3.8, 4) is 0 Å². The zero-order valence-electron chi connectivity index (χ0n) is 15.5. The highest BCUT2D eigenvalue weighted by atomic mass is 15.2. The molecule has 0 N–H and O–H groups in total. The van der Waals surface area contributed by atoms with Crippen LogP contribution in [0.25, 0.3) is 0 Å². The van der Waals surface area contributed by atoms with Crippen LogP contribution in [0, 0.1) is 6.92 Å². The van der Waals surface area contributed by atoms with Crippen molar-refractivity contribution in [3.63, 3.8) is 0 Å². The van der Waals surface area contributed by atoms with Gasteiger partial charge in [-0.1, -0.05) is 37.3 Å². The summed E-state index contributed by atoms with van der Waals surface area (Å²) < 4.78 is 0. The van der Waals surface area contributed by atoms with Crippen LogP contribution in [0.1, 0.15) is 50.2 Å².